The number of hydrogen-bond donors (Lipinski definition) is 2. The Bertz CT molecular complexity index is 1020. The lowest BCUT2D eigenvalue weighted by atomic mass is 10.2. The summed E-state index contributed by atoms with van der Waals surface area (Å²) in [6.45, 7) is 3.73. The maximum Gasteiger partial charge on any atom is 0.275 e. The lowest BCUT2D eigenvalue weighted by Gasteiger charge is -2.08. The fourth-order valence-corrected chi connectivity index (χ4v) is 3.68. The van der Waals surface area contributed by atoms with Gasteiger partial charge in [0.15, 0.2) is 0 Å². The standard InChI is InChI=1S/C22H22ClN3O3S/c1-2-29-11-5-10-24-20(27)15-6-4-9-18(13-15)25-21(28)19-14-30-22(26-19)16-7-3-8-17(23)12-16/h3-4,6-9,12-14H,2,5,10-11H2,1H3,(H,24,27)(H,25,28). The van der Waals surface area contributed by atoms with Crippen LogP contribution in [-0.2, 0) is 4.74 Å². The van der Waals surface area contributed by atoms with Crippen molar-refractivity contribution in [2.45, 2.75) is 13.3 Å². The highest BCUT2D eigenvalue weighted by atomic mass is 35.5. The minimum Gasteiger partial charge on any atom is -0.382 e. The highest BCUT2D eigenvalue weighted by Gasteiger charge is 2.13. The van der Waals surface area contributed by atoms with Crippen LogP contribution in [0.4, 0.5) is 5.69 Å². The molecule has 0 bridgehead atoms. The maximum atomic E-state index is 12.6. The van der Waals surface area contributed by atoms with Crippen molar-refractivity contribution >= 4 is 40.4 Å². The van der Waals surface area contributed by atoms with Gasteiger partial charge in [-0.2, -0.15) is 0 Å². The number of amides is 2. The van der Waals surface area contributed by atoms with E-state index >= 15 is 0 Å². The van der Waals surface area contributed by atoms with Crippen LogP contribution >= 0.6 is 22.9 Å². The number of rotatable bonds is 9. The molecule has 30 heavy (non-hydrogen) atoms. The highest BCUT2D eigenvalue weighted by Crippen LogP contribution is 2.26. The van der Waals surface area contributed by atoms with Gasteiger partial charge in [-0.25, -0.2) is 4.98 Å². The predicted molar refractivity (Wildman–Crippen MR) is 120 cm³/mol. The summed E-state index contributed by atoms with van der Waals surface area (Å²) in [7, 11) is 0. The summed E-state index contributed by atoms with van der Waals surface area (Å²) in [5, 5.41) is 8.65. The van der Waals surface area contributed by atoms with Gasteiger partial charge in [0.2, 0.25) is 0 Å². The second-order valence-electron chi connectivity index (χ2n) is 6.39. The fourth-order valence-electron chi connectivity index (χ4n) is 2.69. The first kappa shape index (κ1) is 22.0. The fraction of sp³-hybridized carbons (Fsp3) is 0.227. The van der Waals surface area contributed by atoms with Gasteiger partial charge in [-0.1, -0.05) is 29.8 Å². The Labute approximate surface area is 184 Å². The number of anilines is 1. The van der Waals surface area contributed by atoms with Crippen molar-refractivity contribution in [3.05, 3.63) is 70.2 Å². The Kier molecular flexibility index (Phi) is 7.96. The number of halogens is 1. The summed E-state index contributed by atoms with van der Waals surface area (Å²) < 4.78 is 5.25. The number of nitrogens with zero attached hydrogens (tertiary/aromatic N) is 1. The van der Waals surface area contributed by atoms with Gasteiger partial charge in [0, 0.05) is 47.0 Å². The molecule has 0 aliphatic heterocycles. The van der Waals surface area contributed by atoms with E-state index in [1.807, 2.05) is 19.1 Å². The molecule has 0 spiro atoms. The summed E-state index contributed by atoms with van der Waals surface area (Å²) >= 11 is 7.39. The molecular weight excluding hydrogens is 422 g/mol. The van der Waals surface area contributed by atoms with Crippen LogP contribution in [0.15, 0.2) is 53.9 Å². The van der Waals surface area contributed by atoms with E-state index in [-0.39, 0.29) is 11.8 Å². The molecule has 1 heterocycles. The topological polar surface area (TPSA) is 80.3 Å². The molecule has 0 radical (unpaired) electrons. The van der Waals surface area contributed by atoms with Crippen LogP contribution in [-0.4, -0.2) is 36.6 Å². The van der Waals surface area contributed by atoms with E-state index in [0.717, 1.165) is 12.0 Å². The Morgan fingerprint density at radius 1 is 1.13 bits per heavy atom. The average molecular weight is 444 g/mol. The number of nitrogens with one attached hydrogen (secondary N) is 2. The molecule has 0 aliphatic rings. The number of benzene rings is 2. The van der Waals surface area contributed by atoms with Crippen molar-refractivity contribution in [3.63, 3.8) is 0 Å². The number of aromatic nitrogens is 1. The Balaban J connectivity index is 1.61. The Morgan fingerprint density at radius 3 is 2.77 bits per heavy atom. The molecule has 2 N–H and O–H groups in total. The van der Waals surface area contributed by atoms with E-state index in [1.54, 1.807) is 41.8 Å². The number of ether oxygens (including phenoxy) is 1. The SMILES string of the molecule is CCOCCCNC(=O)c1cccc(NC(=O)c2csc(-c3cccc(Cl)c3)n2)c1. The molecule has 0 atom stereocenters. The monoisotopic (exact) mass is 443 g/mol. The molecule has 0 fully saturated rings. The maximum absolute atomic E-state index is 12.6. The van der Waals surface area contributed by atoms with Gasteiger partial charge in [0.1, 0.15) is 10.7 Å². The van der Waals surface area contributed by atoms with Gasteiger partial charge in [0.05, 0.1) is 0 Å². The zero-order chi connectivity index (χ0) is 21.3. The van der Waals surface area contributed by atoms with Crippen molar-refractivity contribution in [2.24, 2.45) is 0 Å². The number of carbonyl (C=O) groups is 2. The third kappa shape index (κ3) is 6.13. The van der Waals surface area contributed by atoms with Crippen molar-refractivity contribution in [2.75, 3.05) is 25.1 Å². The average Bonchev–Trinajstić information content (AvgIpc) is 3.24. The molecule has 2 aromatic carbocycles. The summed E-state index contributed by atoms with van der Waals surface area (Å²) in [6.07, 6.45) is 0.745. The minimum atomic E-state index is -0.339. The van der Waals surface area contributed by atoms with Gasteiger partial charge in [-0.15, -0.1) is 11.3 Å². The minimum absolute atomic E-state index is 0.195. The van der Waals surface area contributed by atoms with Crippen LogP contribution in [0.25, 0.3) is 10.6 Å². The normalized spacial score (nSPS) is 10.6. The lowest BCUT2D eigenvalue weighted by molar-refractivity contribution is 0.0943. The van der Waals surface area contributed by atoms with Crippen LogP contribution in [0.5, 0.6) is 0 Å². The van der Waals surface area contributed by atoms with Gasteiger partial charge >= 0.3 is 0 Å². The summed E-state index contributed by atoms with van der Waals surface area (Å²) in [5.74, 6) is -0.534. The van der Waals surface area contributed by atoms with Gasteiger partial charge < -0.3 is 15.4 Å². The first-order valence-electron chi connectivity index (χ1n) is 9.55. The van der Waals surface area contributed by atoms with Crippen LogP contribution in [0, 0.1) is 0 Å². The Morgan fingerprint density at radius 2 is 1.97 bits per heavy atom. The molecular formula is C22H22ClN3O3S. The molecule has 1 aromatic heterocycles. The number of thiazole rings is 1. The van der Waals surface area contributed by atoms with E-state index in [9.17, 15) is 9.59 Å². The molecule has 0 unspecified atom stereocenters. The molecule has 3 aromatic rings. The van der Waals surface area contributed by atoms with Crippen molar-refractivity contribution < 1.29 is 14.3 Å². The van der Waals surface area contributed by atoms with Gasteiger partial charge in [-0.05, 0) is 43.7 Å². The van der Waals surface area contributed by atoms with E-state index in [4.69, 9.17) is 16.3 Å². The molecule has 8 heteroatoms. The van der Waals surface area contributed by atoms with Crippen molar-refractivity contribution in [3.8, 4) is 10.6 Å². The van der Waals surface area contributed by atoms with E-state index in [0.29, 0.717) is 46.7 Å². The predicted octanol–water partition coefficient (Wildman–Crippen LogP) is 4.87. The van der Waals surface area contributed by atoms with Crippen LogP contribution in [0.3, 0.4) is 0 Å². The van der Waals surface area contributed by atoms with E-state index in [2.05, 4.69) is 15.6 Å². The molecule has 3 rings (SSSR count). The third-order valence-electron chi connectivity index (χ3n) is 4.15. The van der Waals surface area contributed by atoms with Gasteiger partial charge in [0.25, 0.3) is 11.8 Å². The first-order valence-corrected chi connectivity index (χ1v) is 10.8. The largest absolute Gasteiger partial charge is 0.382 e. The van der Waals surface area contributed by atoms with Gasteiger partial charge in [-0.3, -0.25) is 9.59 Å². The molecule has 156 valence electrons. The molecule has 0 saturated heterocycles. The zero-order valence-electron chi connectivity index (χ0n) is 16.5. The van der Waals surface area contributed by atoms with Crippen LogP contribution in [0.1, 0.15) is 34.2 Å². The van der Waals surface area contributed by atoms with Crippen molar-refractivity contribution in [1.29, 1.82) is 0 Å². The second kappa shape index (κ2) is 10.9. The Hall–Kier alpha value is -2.74. The smallest absolute Gasteiger partial charge is 0.275 e. The van der Waals surface area contributed by atoms with E-state index < -0.39 is 0 Å². The summed E-state index contributed by atoms with van der Waals surface area (Å²) in [6, 6.07) is 14.1. The van der Waals surface area contributed by atoms with E-state index in [1.165, 1.54) is 11.3 Å². The molecule has 6 nitrogen and oxygen atoms in total. The zero-order valence-corrected chi connectivity index (χ0v) is 18.1. The van der Waals surface area contributed by atoms with Crippen LogP contribution < -0.4 is 10.6 Å². The molecule has 0 aliphatic carbocycles. The van der Waals surface area contributed by atoms with Crippen LogP contribution in [0.2, 0.25) is 5.02 Å². The molecule has 2 amide bonds. The third-order valence-corrected chi connectivity index (χ3v) is 5.27. The summed E-state index contributed by atoms with van der Waals surface area (Å²) in [4.78, 5) is 29.3. The first-order chi connectivity index (χ1) is 14.6. The number of hydrogen-bond acceptors (Lipinski definition) is 5. The molecule has 0 saturated carbocycles. The second-order valence-corrected chi connectivity index (χ2v) is 7.68. The van der Waals surface area contributed by atoms with Crippen molar-refractivity contribution in [1.82, 2.24) is 10.3 Å². The highest BCUT2D eigenvalue weighted by molar-refractivity contribution is 7.13. The lowest BCUT2D eigenvalue weighted by Crippen LogP contribution is -2.25. The number of carbonyl (C=O) groups excluding carboxylic acids is 2. The quantitative estimate of drug-likeness (QED) is 0.462. The summed E-state index contributed by atoms with van der Waals surface area (Å²) in [5.41, 5.74) is 2.16.